The zero-order valence-electron chi connectivity index (χ0n) is 9.99. The van der Waals surface area contributed by atoms with Gasteiger partial charge in [-0.15, -0.1) is 11.3 Å². The Morgan fingerprint density at radius 3 is 2.94 bits per heavy atom. The maximum atomic E-state index is 13.6. The second-order valence-corrected chi connectivity index (χ2v) is 5.78. The van der Waals surface area contributed by atoms with Crippen LogP contribution in [0.1, 0.15) is 23.4 Å². The highest BCUT2D eigenvalue weighted by Gasteiger charge is 2.13. The van der Waals surface area contributed by atoms with E-state index >= 15 is 0 Å². The first kappa shape index (κ1) is 13.6. The molecule has 0 amide bonds. The molecule has 0 aliphatic rings. The van der Waals surface area contributed by atoms with Crippen molar-refractivity contribution in [3.8, 4) is 0 Å². The van der Waals surface area contributed by atoms with Gasteiger partial charge in [0.2, 0.25) is 0 Å². The quantitative estimate of drug-likeness (QED) is 0.899. The summed E-state index contributed by atoms with van der Waals surface area (Å²) in [7, 11) is 0. The lowest BCUT2D eigenvalue weighted by atomic mass is 10.0. The molecular formula is C13H14BrFN2S. The summed E-state index contributed by atoms with van der Waals surface area (Å²) in [6.07, 6.45) is 2.70. The van der Waals surface area contributed by atoms with E-state index in [1.807, 2.05) is 17.8 Å². The second kappa shape index (κ2) is 6.41. The molecule has 1 N–H and O–H groups in total. The van der Waals surface area contributed by atoms with Gasteiger partial charge in [-0.05, 0) is 40.2 Å². The fourth-order valence-corrected chi connectivity index (χ4v) is 2.72. The number of rotatable bonds is 5. The number of benzene rings is 1. The highest BCUT2D eigenvalue weighted by Crippen LogP contribution is 2.24. The molecule has 0 fully saturated rings. The van der Waals surface area contributed by atoms with E-state index in [-0.39, 0.29) is 11.9 Å². The number of thiazole rings is 1. The van der Waals surface area contributed by atoms with Crippen molar-refractivity contribution in [3.63, 3.8) is 0 Å². The molecule has 0 saturated carbocycles. The molecule has 96 valence electrons. The van der Waals surface area contributed by atoms with E-state index in [0.717, 1.165) is 18.5 Å². The van der Waals surface area contributed by atoms with Crippen molar-refractivity contribution in [3.05, 3.63) is 50.6 Å². The molecule has 1 heterocycles. The summed E-state index contributed by atoms with van der Waals surface area (Å²) in [4.78, 5) is 5.27. The Balaban J connectivity index is 2.20. The third kappa shape index (κ3) is 3.37. The lowest BCUT2D eigenvalue weighted by Gasteiger charge is -2.17. The van der Waals surface area contributed by atoms with Crippen LogP contribution in [0, 0.1) is 5.82 Å². The van der Waals surface area contributed by atoms with Crippen LogP contribution in [-0.4, -0.2) is 11.5 Å². The molecule has 18 heavy (non-hydrogen) atoms. The Hall–Kier alpha value is -0.780. The van der Waals surface area contributed by atoms with Gasteiger partial charge in [-0.3, -0.25) is 4.98 Å². The third-order valence-electron chi connectivity index (χ3n) is 2.69. The van der Waals surface area contributed by atoms with Crippen molar-refractivity contribution in [1.29, 1.82) is 0 Å². The van der Waals surface area contributed by atoms with Gasteiger partial charge in [0.15, 0.2) is 0 Å². The van der Waals surface area contributed by atoms with Crippen LogP contribution in [0.15, 0.2) is 34.4 Å². The van der Waals surface area contributed by atoms with E-state index in [1.54, 1.807) is 23.5 Å². The predicted octanol–water partition coefficient (Wildman–Crippen LogP) is 3.94. The number of likely N-dealkylation sites (N-methyl/N-ethyl adjacent to an activating group) is 1. The molecular weight excluding hydrogens is 315 g/mol. The first-order valence-electron chi connectivity index (χ1n) is 5.76. The minimum atomic E-state index is -0.222. The van der Waals surface area contributed by atoms with E-state index in [2.05, 4.69) is 33.2 Å². The Morgan fingerprint density at radius 1 is 1.50 bits per heavy atom. The van der Waals surface area contributed by atoms with Gasteiger partial charge in [0.05, 0.1) is 9.98 Å². The maximum Gasteiger partial charge on any atom is 0.137 e. The summed E-state index contributed by atoms with van der Waals surface area (Å²) in [5.41, 5.74) is 2.78. The van der Waals surface area contributed by atoms with Crippen molar-refractivity contribution < 1.29 is 4.39 Å². The van der Waals surface area contributed by atoms with Crippen LogP contribution in [0.5, 0.6) is 0 Å². The van der Waals surface area contributed by atoms with Crippen molar-refractivity contribution in [1.82, 2.24) is 10.3 Å². The van der Waals surface area contributed by atoms with Gasteiger partial charge in [-0.2, -0.15) is 0 Å². The monoisotopic (exact) mass is 328 g/mol. The molecule has 1 aromatic carbocycles. The zero-order chi connectivity index (χ0) is 13.0. The largest absolute Gasteiger partial charge is 0.310 e. The summed E-state index contributed by atoms with van der Waals surface area (Å²) in [5.74, 6) is -0.222. The van der Waals surface area contributed by atoms with Crippen molar-refractivity contribution in [2.75, 3.05) is 6.54 Å². The highest BCUT2D eigenvalue weighted by molar-refractivity contribution is 9.10. The van der Waals surface area contributed by atoms with Crippen LogP contribution in [-0.2, 0) is 6.42 Å². The molecule has 1 atom stereocenters. The van der Waals surface area contributed by atoms with Gasteiger partial charge in [0.25, 0.3) is 0 Å². The van der Waals surface area contributed by atoms with E-state index in [1.165, 1.54) is 4.88 Å². The minimum absolute atomic E-state index is 0.123. The predicted molar refractivity (Wildman–Crippen MR) is 76.3 cm³/mol. The first-order chi connectivity index (χ1) is 8.70. The van der Waals surface area contributed by atoms with Gasteiger partial charge in [0.1, 0.15) is 5.82 Å². The van der Waals surface area contributed by atoms with Crippen LogP contribution in [0.4, 0.5) is 4.39 Å². The lowest BCUT2D eigenvalue weighted by Crippen LogP contribution is -2.22. The summed E-state index contributed by atoms with van der Waals surface area (Å²) in [6, 6.07) is 5.40. The fourth-order valence-electron chi connectivity index (χ4n) is 1.83. The van der Waals surface area contributed by atoms with E-state index in [0.29, 0.717) is 4.47 Å². The lowest BCUT2D eigenvalue weighted by molar-refractivity contribution is 0.544. The molecule has 2 nitrogen and oxygen atoms in total. The number of halogens is 2. The summed E-state index contributed by atoms with van der Waals surface area (Å²) in [5, 5.41) is 3.38. The maximum absolute atomic E-state index is 13.6. The first-order valence-corrected chi connectivity index (χ1v) is 7.43. The Morgan fingerprint density at radius 2 is 2.33 bits per heavy atom. The molecule has 5 heteroatoms. The second-order valence-electron chi connectivity index (χ2n) is 3.96. The highest BCUT2D eigenvalue weighted by atomic mass is 79.9. The van der Waals surface area contributed by atoms with Gasteiger partial charge in [-0.25, -0.2) is 4.39 Å². The summed E-state index contributed by atoms with van der Waals surface area (Å²) in [6.45, 7) is 2.90. The molecule has 2 rings (SSSR count). The Labute approximate surface area is 118 Å². The van der Waals surface area contributed by atoms with Crippen LogP contribution >= 0.6 is 27.3 Å². The van der Waals surface area contributed by atoms with E-state index < -0.39 is 0 Å². The van der Waals surface area contributed by atoms with E-state index in [9.17, 15) is 4.39 Å². The molecule has 0 aliphatic carbocycles. The third-order valence-corrected chi connectivity index (χ3v) is 4.13. The van der Waals surface area contributed by atoms with Crippen molar-refractivity contribution in [2.45, 2.75) is 19.4 Å². The molecule has 0 bridgehead atoms. The normalized spacial score (nSPS) is 12.6. The van der Waals surface area contributed by atoms with Crippen LogP contribution in [0.3, 0.4) is 0 Å². The van der Waals surface area contributed by atoms with E-state index in [4.69, 9.17) is 0 Å². The topological polar surface area (TPSA) is 24.9 Å². The van der Waals surface area contributed by atoms with Crippen LogP contribution in [0.25, 0.3) is 0 Å². The van der Waals surface area contributed by atoms with Crippen LogP contribution in [0.2, 0.25) is 0 Å². The molecule has 0 radical (unpaired) electrons. The van der Waals surface area contributed by atoms with Crippen molar-refractivity contribution in [2.24, 2.45) is 0 Å². The Bertz CT molecular complexity index is 502. The molecule has 0 spiro atoms. The Kier molecular flexibility index (Phi) is 4.86. The average molecular weight is 329 g/mol. The standard InChI is InChI=1S/C13H14BrFN2S/c1-2-17-13(6-10-7-16-8-18-10)9-3-4-11(14)12(15)5-9/h3-5,7-8,13,17H,2,6H2,1H3. The minimum Gasteiger partial charge on any atom is -0.310 e. The number of hydrogen-bond acceptors (Lipinski definition) is 3. The van der Waals surface area contributed by atoms with Gasteiger partial charge in [-0.1, -0.05) is 13.0 Å². The molecule has 0 aliphatic heterocycles. The molecule has 2 aromatic rings. The van der Waals surface area contributed by atoms with Gasteiger partial charge in [0, 0.05) is 23.5 Å². The molecule has 1 aromatic heterocycles. The smallest absolute Gasteiger partial charge is 0.137 e. The number of aromatic nitrogens is 1. The summed E-state index contributed by atoms with van der Waals surface area (Å²) >= 11 is 4.80. The average Bonchev–Trinajstić information content (AvgIpc) is 2.85. The summed E-state index contributed by atoms with van der Waals surface area (Å²) < 4.78 is 14.1. The number of nitrogens with zero attached hydrogens (tertiary/aromatic N) is 1. The number of hydrogen-bond donors (Lipinski definition) is 1. The fraction of sp³-hybridized carbons (Fsp3) is 0.308. The SMILES string of the molecule is CCNC(Cc1cncs1)c1ccc(Br)c(F)c1. The zero-order valence-corrected chi connectivity index (χ0v) is 12.4. The van der Waals surface area contributed by atoms with Crippen molar-refractivity contribution >= 4 is 27.3 Å². The van der Waals surface area contributed by atoms with Gasteiger partial charge >= 0.3 is 0 Å². The molecule has 1 unspecified atom stereocenters. The molecule has 0 saturated heterocycles. The number of nitrogens with one attached hydrogen (secondary N) is 1. The van der Waals surface area contributed by atoms with Gasteiger partial charge < -0.3 is 5.32 Å². The van der Waals surface area contributed by atoms with Crippen LogP contribution < -0.4 is 5.32 Å².